The average Bonchev–Trinajstić information content (AvgIpc) is 2.25. The lowest BCUT2D eigenvalue weighted by Gasteiger charge is -2.10. The summed E-state index contributed by atoms with van der Waals surface area (Å²) in [7, 11) is 0. The Balaban J connectivity index is 2.97. The molecule has 1 aromatic rings. The number of nitrogens with two attached hydrogens (primary N) is 1. The number of aliphatic imine (C=N–C) groups is 1. The molecule has 0 radical (unpaired) electrons. The van der Waals surface area contributed by atoms with E-state index in [4.69, 9.17) is 5.73 Å². The summed E-state index contributed by atoms with van der Waals surface area (Å²) >= 11 is 0. The highest BCUT2D eigenvalue weighted by Crippen LogP contribution is 2.32. The van der Waals surface area contributed by atoms with Crippen molar-refractivity contribution in [2.45, 2.75) is 26.1 Å². The third-order valence-electron chi connectivity index (χ3n) is 2.14. The van der Waals surface area contributed by atoms with E-state index >= 15 is 0 Å². The van der Waals surface area contributed by atoms with E-state index in [0.717, 1.165) is 6.07 Å². The lowest BCUT2D eigenvalue weighted by molar-refractivity contribution is -0.138. The number of hydrogen-bond donors (Lipinski definition) is 1. The normalized spacial score (nSPS) is 12.9. The third kappa shape index (κ3) is 3.25. The Morgan fingerprint density at radius 2 is 1.94 bits per heavy atom. The van der Waals surface area contributed by atoms with Crippen molar-refractivity contribution in [2.75, 3.05) is 0 Å². The monoisotopic (exact) mass is 230 g/mol. The van der Waals surface area contributed by atoms with Crippen LogP contribution >= 0.6 is 0 Å². The molecule has 0 amide bonds. The first-order valence-electron chi connectivity index (χ1n) is 4.89. The smallest absolute Gasteiger partial charge is 0.387 e. The molecule has 5 heteroatoms. The van der Waals surface area contributed by atoms with Crippen molar-refractivity contribution in [3.05, 3.63) is 35.4 Å². The lowest BCUT2D eigenvalue weighted by atomic mass is 10.1. The zero-order valence-electron chi connectivity index (χ0n) is 8.88. The van der Waals surface area contributed by atoms with E-state index < -0.39 is 11.7 Å². The average molecular weight is 230 g/mol. The maximum Gasteiger partial charge on any atom is 0.416 e. The van der Waals surface area contributed by atoms with Gasteiger partial charge in [-0.05, 0) is 11.6 Å². The van der Waals surface area contributed by atoms with Gasteiger partial charge in [-0.1, -0.05) is 25.1 Å². The van der Waals surface area contributed by atoms with Gasteiger partial charge in [0.2, 0.25) is 0 Å². The topological polar surface area (TPSA) is 38.4 Å². The molecule has 0 aromatic heterocycles. The predicted octanol–water partition coefficient (Wildman–Crippen LogP) is 2.97. The molecular formula is C11H13F3N2. The number of nitrogens with zero attached hydrogens (tertiary/aromatic N) is 1. The standard InChI is InChI=1S/C11H13F3N2/c1-2-10(15)16-7-8-5-3-4-6-9(8)11(12,13)14/h3-6H,2,7H2,1H3,(H2,15,16). The molecule has 0 aliphatic carbocycles. The number of rotatable bonds is 3. The van der Waals surface area contributed by atoms with Crippen molar-refractivity contribution in [3.8, 4) is 0 Å². The van der Waals surface area contributed by atoms with Gasteiger partial charge < -0.3 is 5.73 Å². The van der Waals surface area contributed by atoms with Crippen LogP contribution in [-0.4, -0.2) is 5.84 Å². The van der Waals surface area contributed by atoms with Gasteiger partial charge in [0.25, 0.3) is 0 Å². The van der Waals surface area contributed by atoms with Crippen molar-refractivity contribution in [1.82, 2.24) is 0 Å². The molecule has 0 bridgehead atoms. The minimum absolute atomic E-state index is 0.0324. The summed E-state index contributed by atoms with van der Waals surface area (Å²) in [5, 5.41) is 0. The van der Waals surface area contributed by atoms with E-state index in [1.54, 1.807) is 13.0 Å². The Morgan fingerprint density at radius 1 is 1.31 bits per heavy atom. The molecule has 0 fully saturated rings. The van der Waals surface area contributed by atoms with Gasteiger partial charge in [-0.25, -0.2) is 0 Å². The molecule has 1 rings (SSSR count). The van der Waals surface area contributed by atoms with Crippen LogP contribution in [0.4, 0.5) is 13.2 Å². The van der Waals surface area contributed by atoms with Gasteiger partial charge in [-0.2, -0.15) is 13.2 Å². The lowest BCUT2D eigenvalue weighted by Crippen LogP contribution is -2.12. The molecule has 16 heavy (non-hydrogen) atoms. The van der Waals surface area contributed by atoms with E-state index in [-0.39, 0.29) is 12.1 Å². The van der Waals surface area contributed by atoms with E-state index in [2.05, 4.69) is 4.99 Å². The van der Waals surface area contributed by atoms with Crippen LogP contribution < -0.4 is 5.73 Å². The fraction of sp³-hybridized carbons (Fsp3) is 0.364. The van der Waals surface area contributed by atoms with Crippen LogP contribution in [0.25, 0.3) is 0 Å². The van der Waals surface area contributed by atoms with Gasteiger partial charge >= 0.3 is 6.18 Å². The van der Waals surface area contributed by atoms with Crippen LogP contribution in [0.3, 0.4) is 0 Å². The van der Waals surface area contributed by atoms with Crippen LogP contribution in [0.1, 0.15) is 24.5 Å². The second-order valence-corrected chi connectivity index (χ2v) is 3.32. The molecule has 0 atom stereocenters. The fourth-order valence-corrected chi connectivity index (χ4v) is 1.23. The van der Waals surface area contributed by atoms with Gasteiger partial charge in [0, 0.05) is 6.42 Å². The molecule has 0 aliphatic heterocycles. The Kier molecular flexibility index (Phi) is 3.93. The highest BCUT2D eigenvalue weighted by Gasteiger charge is 2.32. The molecule has 88 valence electrons. The van der Waals surface area contributed by atoms with Gasteiger partial charge in [0.05, 0.1) is 17.9 Å². The first-order chi connectivity index (χ1) is 7.45. The second kappa shape index (κ2) is 5.01. The van der Waals surface area contributed by atoms with Crippen LogP contribution in [0.15, 0.2) is 29.3 Å². The van der Waals surface area contributed by atoms with Crippen LogP contribution in [0.2, 0.25) is 0 Å². The van der Waals surface area contributed by atoms with Crippen LogP contribution in [0.5, 0.6) is 0 Å². The maximum absolute atomic E-state index is 12.6. The summed E-state index contributed by atoms with van der Waals surface area (Å²) in [6.45, 7) is 1.77. The SMILES string of the molecule is CCC(N)=NCc1ccccc1C(F)(F)F. The number of amidine groups is 1. The third-order valence-corrected chi connectivity index (χ3v) is 2.14. The molecule has 0 saturated carbocycles. The van der Waals surface area contributed by atoms with Gasteiger partial charge in [0.15, 0.2) is 0 Å². The summed E-state index contributed by atoms with van der Waals surface area (Å²) in [6, 6.07) is 5.38. The summed E-state index contributed by atoms with van der Waals surface area (Å²) < 4.78 is 37.7. The molecule has 0 saturated heterocycles. The molecular weight excluding hydrogens is 217 g/mol. The highest BCUT2D eigenvalue weighted by atomic mass is 19.4. The summed E-state index contributed by atoms with van der Waals surface area (Å²) in [4.78, 5) is 3.88. The van der Waals surface area contributed by atoms with Gasteiger partial charge in [-0.15, -0.1) is 0 Å². The minimum atomic E-state index is -4.34. The Hall–Kier alpha value is -1.52. The predicted molar refractivity (Wildman–Crippen MR) is 57.1 cm³/mol. The number of benzene rings is 1. The van der Waals surface area contributed by atoms with E-state index in [1.165, 1.54) is 12.1 Å². The highest BCUT2D eigenvalue weighted by molar-refractivity contribution is 5.79. The van der Waals surface area contributed by atoms with Gasteiger partial charge in [0.1, 0.15) is 0 Å². The quantitative estimate of drug-likeness (QED) is 0.629. The summed E-state index contributed by atoms with van der Waals surface area (Å²) in [6.07, 6.45) is -3.80. The van der Waals surface area contributed by atoms with Crippen molar-refractivity contribution < 1.29 is 13.2 Å². The van der Waals surface area contributed by atoms with E-state index in [0.29, 0.717) is 12.3 Å². The maximum atomic E-state index is 12.6. The van der Waals surface area contributed by atoms with Crippen molar-refractivity contribution in [3.63, 3.8) is 0 Å². The molecule has 0 unspecified atom stereocenters. The zero-order chi connectivity index (χ0) is 12.2. The number of alkyl halides is 3. The molecule has 0 spiro atoms. The summed E-state index contributed by atoms with van der Waals surface area (Å²) in [5.41, 5.74) is 4.94. The second-order valence-electron chi connectivity index (χ2n) is 3.32. The van der Waals surface area contributed by atoms with Crippen LogP contribution in [0, 0.1) is 0 Å². The Morgan fingerprint density at radius 3 is 2.50 bits per heavy atom. The largest absolute Gasteiger partial charge is 0.416 e. The minimum Gasteiger partial charge on any atom is -0.387 e. The van der Waals surface area contributed by atoms with E-state index in [9.17, 15) is 13.2 Å². The Labute approximate surface area is 92.0 Å². The molecule has 0 heterocycles. The molecule has 2 nitrogen and oxygen atoms in total. The Bertz CT molecular complexity index is 383. The number of halogens is 3. The van der Waals surface area contributed by atoms with E-state index in [1.807, 2.05) is 0 Å². The van der Waals surface area contributed by atoms with Crippen LogP contribution in [-0.2, 0) is 12.7 Å². The zero-order valence-corrected chi connectivity index (χ0v) is 8.88. The van der Waals surface area contributed by atoms with Crippen molar-refractivity contribution in [1.29, 1.82) is 0 Å². The molecule has 1 aromatic carbocycles. The summed E-state index contributed by atoms with van der Waals surface area (Å²) in [5.74, 6) is 0.358. The first-order valence-corrected chi connectivity index (χ1v) is 4.89. The molecule has 2 N–H and O–H groups in total. The molecule has 0 aliphatic rings. The van der Waals surface area contributed by atoms with Crippen molar-refractivity contribution >= 4 is 5.84 Å². The fourth-order valence-electron chi connectivity index (χ4n) is 1.23. The van der Waals surface area contributed by atoms with Gasteiger partial charge in [-0.3, -0.25) is 4.99 Å². The van der Waals surface area contributed by atoms with Crippen molar-refractivity contribution in [2.24, 2.45) is 10.7 Å². The number of hydrogen-bond acceptors (Lipinski definition) is 1. The first kappa shape index (κ1) is 12.5.